The number of piperazine rings is 1. The van der Waals surface area contributed by atoms with E-state index in [9.17, 15) is 26.4 Å². The lowest BCUT2D eigenvalue weighted by Crippen LogP contribution is -2.51. The molecule has 2 N–H and O–H groups in total. The standard InChI is InChI=1S/C29H31F3N6O3S2/c1-2-16-11-20(37-14-17-3-4-18(15-37)34-17)7-8-22(16)35-28-33-13-21(29(30,31)32)25(36-28)23-12-24-26(42-23)27(39)38(19-5-6-19)9-10-43(24,40)41/h7-8,11-13,17-19,34H,2-6,9-10,14-15H2,1H3,(H,33,35,36). The van der Waals surface area contributed by atoms with Crippen LogP contribution >= 0.6 is 11.3 Å². The van der Waals surface area contributed by atoms with E-state index in [0.717, 1.165) is 54.6 Å². The molecule has 2 bridgehead atoms. The maximum Gasteiger partial charge on any atom is 0.420 e. The summed E-state index contributed by atoms with van der Waals surface area (Å²) in [5.41, 5.74) is 1.18. The third-order valence-corrected chi connectivity index (χ3v) is 11.7. The monoisotopic (exact) mass is 632 g/mol. The van der Waals surface area contributed by atoms with E-state index in [2.05, 4.69) is 31.6 Å². The van der Waals surface area contributed by atoms with E-state index in [1.165, 1.54) is 17.7 Å². The maximum absolute atomic E-state index is 14.1. The van der Waals surface area contributed by atoms with Crippen LogP contribution in [0.3, 0.4) is 0 Å². The van der Waals surface area contributed by atoms with Gasteiger partial charge < -0.3 is 20.4 Å². The summed E-state index contributed by atoms with van der Waals surface area (Å²) in [6, 6.07) is 8.08. The number of aromatic nitrogens is 2. The van der Waals surface area contributed by atoms with Gasteiger partial charge in [-0.3, -0.25) is 4.79 Å². The Kier molecular flexibility index (Phi) is 6.93. The van der Waals surface area contributed by atoms with Crippen molar-refractivity contribution in [3.05, 3.63) is 46.5 Å². The maximum atomic E-state index is 14.1. The van der Waals surface area contributed by atoms with Crippen LogP contribution in [0, 0.1) is 0 Å². The van der Waals surface area contributed by atoms with E-state index in [-0.39, 0.29) is 38.9 Å². The van der Waals surface area contributed by atoms with Crippen molar-refractivity contribution in [2.24, 2.45) is 0 Å². The number of aryl methyl sites for hydroxylation is 1. The summed E-state index contributed by atoms with van der Waals surface area (Å²) in [5, 5.41) is 6.72. The Balaban J connectivity index is 1.23. The molecule has 3 fully saturated rings. The first-order valence-corrected chi connectivity index (χ1v) is 17.0. The lowest BCUT2D eigenvalue weighted by Gasteiger charge is -2.35. The van der Waals surface area contributed by atoms with Gasteiger partial charge in [-0.15, -0.1) is 11.3 Å². The molecule has 2 unspecified atom stereocenters. The van der Waals surface area contributed by atoms with Crippen LogP contribution in [0.25, 0.3) is 10.6 Å². The highest BCUT2D eigenvalue weighted by Crippen LogP contribution is 2.43. The largest absolute Gasteiger partial charge is 0.420 e. The van der Waals surface area contributed by atoms with Gasteiger partial charge in [0.2, 0.25) is 5.95 Å². The predicted molar refractivity (Wildman–Crippen MR) is 158 cm³/mol. The molecule has 14 heteroatoms. The topological polar surface area (TPSA) is 108 Å². The molecule has 2 aromatic heterocycles. The van der Waals surface area contributed by atoms with Crippen LogP contribution in [0.15, 0.2) is 35.4 Å². The third-order valence-electron chi connectivity index (χ3n) is 8.70. The lowest BCUT2D eigenvalue weighted by molar-refractivity contribution is -0.137. The van der Waals surface area contributed by atoms with Crippen LogP contribution in [0.2, 0.25) is 0 Å². The molecule has 9 nitrogen and oxygen atoms in total. The molecule has 2 atom stereocenters. The highest BCUT2D eigenvalue weighted by Gasteiger charge is 2.42. The Bertz CT molecular complexity index is 1690. The Hall–Kier alpha value is -3.23. The van der Waals surface area contributed by atoms with Crippen molar-refractivity contribution in [3.8, 4) is 10.6 Å². The van der Waals surface area contributed by atoms with Crippen molar-refractivity contribution in [1.29, 1.82) is 0 Å². The fourth-order valence-corrected chi connectivity index (χ4v) is 9.24. The average molecular weight is 633 g/mol. The minimum Gasteiger partial charge on any atom is -0.368 e. The molecule has 3 aliphatic heterocycles. The predicted octanol–water partition coefficient (Wildman–Crippen LogP) is 4.86. The molecule has 5 heterocycles. The number of carbonyl (C=O) groups is 1. The molecule has 2 saturated heterocycles. The summed E-state index contributed by atoms with van der Waals surface area (Å²) in [6.45, 7) is 3.94. The number of benzene rings is 1. The molecule has 1 aromatic carbocycles. The Morgan fingerprint density at radius 1 is 1.12 bits per heavy atom. The molecule has 228 valence electrons. The highest BCUT2D eigenvalue weighted by molar-refractivity contribution is 7.91. The normalized spacial score (nSPS) is 23.3. The molecular formula is C29H31F3N6O3S2. The van der Waals surface area contributed by atoms with Crippen molar-refractivity contribution in [3.63, 3.8) is 0 Å². The van der Waals surface area contributed by atoms with Gasteiger partial charge >= 0.3 is 6.18 Å². The summed E-state index contributed by atoms with van der Waals surface area (Å²) in [7, 11) is -3.87. The average Bonchev–Trinajstić information content (AvgIpc) is 3.62. The number of rotatable bonds is 6. The van der Waals surface area contributed by atoms with Crippen molar-refractivity contribution in [2.75, 3.05) is 35.6 Å². The van der Waals surface area contributed by atoms with E-state index in [0.29, 0.717) is 30.4 Å². The van der Waals surface area contributed by atoms with E-state index in [1.54, 1.807) is 0 Å². The molecular weight excluding hydrogens is 601 g/mol. The van der Waals surface area contributed by atoms with Crippen molar-refractivity contribution in [1.82, 2.24) is 20.2 Å². The number of carbonyl (C=O) groups excluding carboxylic acids is 1. The lowest BCUT2D eigenvalue weighted by atomic mass is 10.1. The van der Waals surface area contributed by atoms with Crippen LogP contribution in [-0.4, -0.2) is 72.7 Å². The molecule has 1 saturated carbocycles. The Morgan fingerprint density at radius 2 is 1.86 bits per heavy atom. The van der Waals surface area contributed by atoms with Gasteiger partial charge in [-0.2, -0.15) is 13.2 Å². The number of sulfone groups is 1. The number of halogens is 3. The van der Waals surface area contributed by atoms with Gasteiger partial charge in [0.15, 0.2) is 9.84 Å². The number of nitrogens with zero attached hydrogens (tertiary/aromatic N) is 4. The summed E-state index contributed by atoms with van der Waals surface area (Å²) in [4.78, 5) is 25.1. The quantitative estimate of drug-likeness (QED) is 0.397. The van der Waals surface area contributed by atoms with Crippen molar-refractivity contribution >= 4 is 44.4 Å². The highest BCUT2D eigenvalue weighted by atomic mass is 32.2. The van der Waals surface area contributed by atoms with Crippen molar-refractivity contribution in [2.45, 2.75) is 68.2 Å². The number of alkyl halides is 3. The number of anilines is 3. The summed E-state index contributed by atoms with van der Waals surface area (Å²) >= 11 is 0.738. The number of amides is 1. The zero-order valence-electron chi connectivity index (χ0n) is 23.4. The minimum atomic E-state index is -4.79. The van der Waals surface area contributed by atoms with Crippen LogP contribution < -0.4 is 15.5 Å². The molecule has 0 radical (unpaired) electrons. The van der Waals surface area contributed by atoms with Gasteiger partial charge in [0.25, 0.3) is 5.91 Å². The number of hydrogen-bond donors (Lipinski definition) is 2. The van der Waals surface area contributed by atoms with Gasteiger partial charge in [-0.25, -0.2) is 18.4 Å². The zero-order valence-corrected chi connectivity index (χ0v) is 25.1. The number of fused-ring (bicyclic) bond motifs is 3. The number of thiophene rings is 1. The van der Waals surface area contributed by atoms with Crippen LogP contribution in [-0.2, 0) is 22.4 Å². The zero-order chi connectivity index (χ0) is 30.1. The van der Waals surface area contributed by atoms with E-state index >= 15 is 0 Å². The van der Waals surface area contributed by atoms with Gasteiger partial charge in [0, 0.05) is 55.3 Å². The van der Waals surface area contributed by atoms with E-state index in [4.69, 9.17) is 0 Å². The summed E-state index contributed by atoms with van der Waals surface area (Å²) in [6.07, 6.45) is 0.501. The smallest absolute Gasteiger partial charge is 0.368 e. The second-order valence-corrected chi connectivity index (χ2v) is 14.8. The van der Waals surface area contributed by atoms with Gasteiger partial charge in [0.1, 0.15) is 10.4 Å². The Morgan fingerprint density at radius 3 is 2.53 bits per heavy atom. The molecule has 1 aliphatic carbocycles. The van der Waals surface area contributed by atoms with E-state index in [1.807, 2.05) is 19.1 Å². The van der Waals surface area contributed by atoms with Crippen LogP contribution in [0.4, 0.5) is 30.5 Å². The molecule has 4 aliphatic rings. The van der Waals surface area contributed by atoms with Gasteiger partial charge in [-0.1, -0.05) is 6.92 Å². The SMILES string of the molecule is CCc1cc(N2CC3CCC(C2)N3)ccc1Nc1ncc(C(F)(F)F)c(-c2cc3c(s2)C(=O)N(C2CC2)CCS3(=O)=O)n1. The first kappa shape index (κ1) is 28.5. The van der Waals surface area contributed by atoms with Crippen molar-refractivity contribution < 1.29 is 26.4 Å². The first-order chi connectivity index (χ1) is 20.5. The fourth-order valence-electron chi connectivity index (χ4n) is 6.32. The molecule has 0 spiro atoms. The first-order valence-electron chi connectivity index (χ1n) is 14.5. The molecule has 1 amide bonds. The minimum absolute atomic E-state index is 0.0272. The summed E-state index contributed by atoms with van der Waals surface area (Å²) in [5.74, 6) is -0.782. The van der Waals surface area contributed by atoms with E-state index < -0.39 is 33.2 Å². The molecule has 7 rings (SSSR count). The second kappa shape index (κ2) is 10.4. The molecule has 43 heavy (non-hydrogen) atoms. The summed E-state index contributed by atoms with van der Waals surface area (Å²) < 4.78 is 68.6. The third kappa shape index (κ3) is 5.37. The van der Waals surface area contributed by atoms with Crippen LogP contribution in [0.5, 0.6) is 0 Å². The number of nitrogens with one attached hydrogen (secondary N) is 2. The molecule has 3 aromatic rings. The number of hydrogen-bond acceptors (Lipinski definition) is 9. The fraction of sp³-hybridized carbons (Fsp3) is 0.483. The van der Waals surface area contributed by atoms with Crippen LogP contribution in [0.1, 0.15) is 53.4 Å². The van der Waals surface area contributed by atoms with Gasteiger partial charge in [-0.05, 0) is 61.9 Å². The second-order valence-electron chi connectivity index (χ2n) is 11.7. The Labute approximate surface area is 251 Å². The van der Waals surface area contributed by atoms with Gasteiger partial charge in [0.05, 0.1) is 21.2 Å².